The van der Waals surface area contributed by atoms with E-state index in [0.29, 0.717) is 61.8 Å². The second-order valence-electron chi connectivity index (χ2n) is 10.2. The van der Waals surface area contributed by atoms with E-state index in [4.69, 9.17) is 10.5 Å². The Morgan fingerprint density at radius 1 is 1.02 bits per heavy atom. The first-order chi connectivity index (χ1) is 20.0. The second-order valence-corrected chi connectivity index (χ2v) is 10.2. The number of carbonyl (C=O) groups excluding carboxylic acids is 1. The zero-order chi connectivity index (χ0) is 28.3. The lowest BCUT2D eigenvalue weighted by atomic mass is 10.0. The van der Waals surface area contributed by atoms with Crippen LogP contribution >= 0.6 is 0 Å². The fourth-order valence-corrected chi connectivity index (χ4v) is 5.34. The number of nitrogens with two attached hydrogens (primary N) is 1. The predicted molar refractivity (Wildman–Crippen MR) is 154 cm³/mol. The molecule has 1 amide bonds. The number of piperazine rings is 1. The van der Waals surface area contributed by atoms with Crippen molar-refractivity contribution in [3.05, 3.63) is 94.8 Å². The number of aromatic nitrogens is 2. The summed E-state index contributed by atoms with van der Waals surface area (Å²) in [5.74, 6) is 0.103. The smallest absolute Gasteiger partial charge is 0.410 e. The Balaban J connectivity index is 1.14. The zero-order valence-corrected chi connectivity index (χ0v) is 22.5. The summed E-state index contributed by atoms with van der Waals surface area (Å²) in [6.07, 6.45) is 0.395. The van der Waals surface area contributed by atoms with Crippen molar-refractivity contribution in [2.24, 2.45) is 5.73 Å². The second kappa shape index (κ2) is 11.3. The molecule has 0 bridgehead atoms. The molecule has 2 aliphatic heterocycles. The fourth-order valence-electron chi connectivity index (χ4n) is 5.34. The normalized spacial score (nSPS) is 14.4. The third-order valence-corrected chi connectivity index (χ3v) is 7.63. The number of fused-ring (bicyclic) bond motifs is 2. The minimum atomic E-state index is -0.452. The molecule has 1 aromatic heterocycles. The minimum Gasteiger partial charge on any atom is -0.445 e. The largest absolute Gasteiger partial charge is 0.445 e. The summed E-state index contributed by atoms with van der Waals surface area (Å²) >= 11 is 0. The topological polar surface area (TPSA) is 112 Å². The van der Waals surface area contributed by atoms with Crippen LogP contribution in [0.15, 0.2) is 66.7 Å². The van der Waals surface area contributed by atoms with Crippen molar-refractivity contribution < 1.29 is 13.9 Å². The Bertz CT molecular complexity index is 1620. The molecule has 1 saturated heterocycles. The van der Waals surface area contributed by atoms with E-state index in [1.54, 1.807) is 21.7 Å². The molecule has 2 aliphatic rings. The van der Waals surface area contributed by atoms with Gasteiger partial charge in [0.05, 0.1) is 0 Å². The van der Waals surface area contributed by atoms with Crippen molar-refractivity contribution >= 4 is 23.3 Å². The van der Waals surface area contributed by atoms with Crippen LogP contribution in [-0.4, -0.2) is 47.0 Å². The molecule has 3 N–H and O–H groups in total. The van der Waals surface area contributed by atoms with Crippen molar-refractivity contribution in [2.75, 3.05) is 36.4 Å². The first-order valence-electron chi connectivity index (χ1n) is 13.6. The van der Waals surface area contributed by atoms with E-state index < -0.39 is 5.82 Å². The van der Waals surface area contributed by atoms with Gasteiger partial charge < -0.3 is 25.6 Å². The number of hydrogen-bond donors (Lipinski definition) is 2. The van der Waals surface area contributed by atoms with Gasteiger partial charge >= 0.3 is 6.09 Å². The van der Waals surface area contributed by atoms with Gasteiger partial charge in [0.1, 0.15) is 35.6 Å². The van der Waals surface area contributed by atoms with Gasteiger partial charge in [-0.1, -0.05) is 36.4 Å². The standard InChI is InChI=1S/C31H30FN7O2/c32-27-16-22(18-33)6-8-25(27)29-26(19-34)30-35-28-9-7-24(17-23(28)10-11-39(30)36-29)37-12-14-38(15-13-37)31(40)41-20-21-4-2-1-3-5-21/h1-9,16-17,35H,10-15,18,20,33H2. The highest BCUT2D eigenvalue weighted by atomic mass is 19.1. The number of nitriles is 1. The van der Waals surface area contributed by atoms with Gasteiger partial charge in [-0.25, -0.2) is 13.9 Å². The summed E-state index contributed by atoms with van der Waals surface area (Å²) < 4.78 is 22.1. The molecule has 0 atom stereocenters. The Labute approximate surface area is 237 Å². The maximum atomic E-state index is 14.9. The number of amides is 1. The van der Waals surface area contributed by atoms with Crippen LogP contribution < -0.4 is 16.0 Å². The molecule has 0 aliphatic carbocycles. The molecule has 10 heteroatoms. The Morgan fingerprint density at radius 3 is 2.56 bits per heavy atom. The number of carbonyl (C=O) groups is 1. The van der Waals surface area contributed by atoms with Gasteiger partial charge in [0.25, 0.3) is 0 Å². The fraction of sp³-hybridized carbons (Fsp3) is 0.258. The summed E-state index contributed by atoms with van der Waals surface area (Å²) in [6, 6.07) is 22.8. The van der Waals surface area contributed by atoms with E-state index in [9.17, 15) is 14.4 Å². The van der Waals surface area contributed by atoms with Gasteiger partial charge in [0.15, 0.2) is 0 Å². The molecule has 0 saturated carbocycles. The minimum absolute atomic E-state index is 0.235. The lowest BCUT2D eigenvalue weighted by Crippen LogP contribution is -2.49. The summed E-state index contributed by atoms with van der Waals surface area (Å²) in [5.41, 5.74) is 11.2. The third kappa shape index (κ3) is 5.32. The molecular formula is C31H30FN7O2. The molecule has 3 heterocycles. The van der Waals surface area contributed by atoms with Crippen LogP contribution in [0.1, 0.15) is 22.3 Å². The first-order valence-corrected chi connectivity index (χ1v) is 13.6. The van der Waals surface area contributed by atoms with Gasteiger partial charge in [-0.3, -0.25) is 0 Å². The molecule has 9 nitrogen and oxygen atoms in total. The van der Waals surface area contributed by atoms with E-state index in [-0.39, 0.29) is 24.8 Å². The molecule has 4 aromatic rings. The van der Waals surface area contributed by atoms with Crippen LogP contribution in [0.4, 0.5) is 26.4 Å². The van der Waals surface area contributed by atoms with Crippen molar-refractivity contribution in [1.29, 1.82) is 5.26 Å². The molecule has 1 fully saturated rings. The van der Waals surface area contributed by atoms with Crippen LogP contribution in [0.5, 0.6) is 0 Å². The first kappa shape index (κ1) is 26.3. The molecule has 3 aromatic carbocycles. The van der Waals surface area contributed by atoms with Crippen molar-refractivity contribution in [3.63, 3.8) is 0 Å². The van der Waals surface area contributed by atoms with E-state index in [0.717, 1.165) is 22.5 Å². The van der Waals surface area contributed by atoms with Gasteiger partial charge in [-0.15, -0.1) is 0 Å². The summed E-state index contributed by atoms with van der Waals surface area (Å²) in [5, 5.41) is 18.0. The quantitative estimate of drug-likeness (QED) is 0.367. The molecule has 41 heavy (non-hydrogen) atoms. The number of aryl methyl sites for hydroxylation is 2. The van der Waals surface area contributed by atoms with E-state index >= 15 is 0 Å². The maximum absolute atomic E-state index is 14.9. The van der Waals surface area contributed by atoms with Crippen LogP contribution in [-0.2, 0) is 30.9 Å². The Morgan fingerprint density at radius 2 is 1.83 bits per heavy atom. The van der Waals surface area contributed by atoms with Crippen molar-refractivity contribution in [2.45, 2.75) is 26.1 Å². The molecule has 208 valence electrons. The number of rotatable bonds is 5. The van der Waals surface area contributed by atoms with Gasteiger partial charge in [0.2, 0.25) is 0 Å². The molecular weight excluding hydrogens is 521 g/mol. The number of nitrogens with zero attached hydrogens (tertiary/aromatic N) is 5. The van der Waals surface area contributed by atoms with E-state index in [2.05, 4.69) is 27.5 Å². The lowest BCUT2D eigenvalue weighted by Gasteiger charge is -2.35. The summed E-state index contributed by atoms with van der Waals surface area (Å²) in [6.45, 7) is 3.59. The summed E-state index contributed by atoms with van der Waals surface area (Å²) in [4.78, 5) is 16.6. The average Bonchev–Trinajstić information content (AvgIpc) is 3.25. The average molecular weight is 552 g/mol. The number of halogens is 1. The molecule has 0 unspecified atom stereocenters. The van der Waals surface area contributed by atoms with Crippen LogP contribution in [0.25, 0.3) is 11.3 Å². The lowest BCUT2D eigenvalue weighted by molar-refractivity contribution is 0.0942. The SMILES string of the molecule is N#Cc1c(-c2ccc(CN)cc2F)nn2c1Nc1ccc(N3CCN(C(=O)OCc4ccccc4)CC3)cc1CC2. The number of hydrogen-bond acceptors (Lipinski definition) is 7. The third-order valence-electron chi connectivity index (χ3n) is 7.63. The molecule has 0 spiro atoms. The molecule has 0 radical (unpaired) electrons. The number of benzene rings is 3. The Hall–Kier alpha value is -4.88. The van der Waals surface area contributed by atoms with Gasteiger partial charge in [-0.2, -0.15) is 10.4 Å². The Kier molecular flexibility index (Phi) is 7.27. The number of anilines is 3. The van der Waals surface area contributed by atoms with Gasteiger partial charge in [0, 0.05) is 56.2 Å². The van der Waals surface area contributed by atoms with Crippen molar-refractivity contribution in [1.82, 2.24) is 14.7 Å². The highest BCUT2D eigenvalue weighted by Crippen LogP contribution is 2.36. The summed E-state index contributed by atoms with van der Waals surface area (Å²) in [7, 11) is 0. The molecule has 6 rings (SSSR count). The van der Waals surface area contributed by atoms with Crippen LogP contribution in [0, 0.1) is 17.1 Å². The van der Waals surface area contributed by atoms with Crippen molar-refractivity contribution in [3.8, 4) is 17.3 Å². The number of nitrogens with one attached hydrogen (secondary N) is 1. The van der Waals surface area contributed by atoms with Gasteiger partial charge in [-0.05, 0) is 53.4 Å². The number of ether oxygens (including phenoxy) is 1. The van der Waals surface area contributed by atoms with Crippen LogP contribution in [0.2, 0.25) is 0 Å². The maximum Gasteiger partial charge on any atom is 0.410 e. The monoisotopic (exact) mass is 551 g/mol. The highest BCUT2D eigenvalue weighted by molar-refractivity contribution is 5.78. The van der Waals surface area contributed by atoms with Crippen LogP contribution in [0.3, 0.4) is 0 Å². The highest BCUT2D eigenvalue weighted by Gasteiger charge is 2.26. The van der Waals surface area contributed by atoms with E-state index in [1.807, 2.05) is 42.5 Å². The zero-order valence-electron chi connectivity index (χ0n) is 22.5. The van der Waals surface area contributed by atoms with E-state index in [1.165, 1.54) is 6.07 Å². The predicted octanol–water partition coefficient (Wildman–Crippen LogP) is 4.78.